The zero-order valence-corrected chi connectivity index (χ0v) is 15.2. The molecule has 0 aromatic heterocycles. The quantitative estimate of drug-likeness (QED) is 0.792. The fraction of sp³-hybridized carbons (Fsp3) is 0.579. The van der Waals surface area contributed by atoms with Gasteiger partial charge in [-0.1, -0.05) is 0 Å². The van der Waals surface area contributed by atoms with Crippen molar-refractivity contribution in [1.29, 1.82) is 5.26 Å². The molecule has 0 unspecified atom stereocenters. The largest absolute Gasteiger partial charge is 0.416 e. The number of alkyl halides is 3. The molecule has 0 radical (unpaired) electrons. The van der Waals surface area contributed by atoms with Crippen LogP contribution in [0.2, 0.25) is 0 Å². The van der Waals surface area contributed by atoms with Crippen LogP contribution >= 0.6 is 0 Å². The highest BCUT2D eigenvalue weighted by molar-refractivity contribution is 5.84. The Balaban J connectivity index is 1.73. The summed E-state index contributed by atoms with van der Waals surface area (Å²) in [5, 5.41) is 14.9. The first kappa shape index (κ1) is 19.3. The molecule has 0 bridgehead atoms. The Morgan fingerprint density at radius 2 is 1.96 bits per heavy atom. The van der Waals surface area contributed by atoms with Crippen LogP contribution in [0.3, 0.4) is 0 Å². The van der Waals surface area contributed by atoms with Crippen LogP contribution in [-0.2, 0) is 11.0 Å². The van der Waals surface area contributed by atoms with E-state index in [-0.39, 0.29) is 18.2 Å². The van der Waals surface area contributed by atoms with Crippen LogP contribution < -0.4 is 15.5 Å². The maximum absolute atomic E-state index is 13.1. The predicted molar refractivity (Wildman–Crippen MR) is 96.3 cm³/mol. The van der Waals surface area contributed by atoms with Gasteiger partial charge in [0, 0.05) is 13.1 Å². The third-order valence-corrected chi connectivity index (χ3v) is 5.24. The molecular weight excluding hydrogens is 357 g/mol. The van der Waals surface area contributed by atoms with Gasteiger partial charge in [0.25, 0.3) is 0 Å². The van der Waals surface area contributed by atoms with Crippen molar-refractivity contribution in [2.24, 2.45) is 5.92 Å². The van der Waals surface area contributed by atoms with E-state index >= 15 is 0 Å². The number of benzene rings is 1. The molecule has 5 nitrogen and oxygen atoms in total. The minimum atomic E-state index is -4.45. The first-order valence-electron chi connectivity index (χ1n) is 9.15. The summed E-state index contributed by atoms with van der Waals surface area (Å²) in [6.45, 7) is 3.05. The van der Waals surface area contributed by atoms with E-state index in [4.69, 9.17) is 0 Å². The lowest BCUT2D eigenvalue weighted by molar-refractivity contribution is -0.137. The number of rotatable bonds is 6. The van der Waals surface area contributed by atoms with Crippen LogP contribution in [-0.4, -0.2) is 31.1 Å². The van der Waals surface area contributed by atoms with Gasteiger partial charge in [-0.3, -0.25) is 4.79 Å². The zero-order chi connectivity index (χ0) is 19.7. The molecule has 2 fully saturated rings. The van der Waals surface area contributed by atoms with Crippen LogP contribution in [0, 0.1) is 17.2 Å². The van der Waals surface area contributed by atoms with E-state index < -0.39 is 23.2 Å². The topological polar surface area (TPSA) is 68.2 Å². The van der Waals surface area contributed by atoms with E-state index in [1.807, 2.05) is 4.90 Å². The number of anilines is 2. The van der Waals surface area contributed by atoms with Gasteiger partial charge in [-0.15, -0.1) is 0 Å². The second kappa shape index (κ2) is 7.29. The van der Waals surface area contributed by atoms with Crippen LogP contribution in [0.1, 0.15) is 38.2 Å². The molecule has 1 aromatic rings. The molecule has 8 heteroatoms. The molecule has 1 aliphatic carbocycles. The number of nitrogens with zero attached hydrogens (tertiary/aromatic N) is 2. The molecule has 1 saturated heterocycles. The lowest BCUT2D eigenvalue weighted by Crippen LogP contribution is -2.48. The number of carbonyl (C=O) groups is 1. The second-order valence-corrected chi connectivity index (χ2v) is 7.41. The maximum atomic E-state index is 13.1. The van der Waals surface area contributed by atoms with E-state index in [0.717, 1.165) is 50.9 Å². The van der Waals surface area contributed by atoms with Crippen molar-refractivity contribution in [1.82, 2.24) is 5.32 Å². The standard InChI is InChI=1S/C19H23F3N4O/c1-18(12-23,13-4-5-13)25-17(27)11-24-15-10-14(19(20,21)22)6-7-16(15)26-8-2-3-9-26/h6-7,10,13,24H,2-5,8-9,11H2,1H3,(H,25,27)/t18-/m1/s1. The highest BCUT2D eigenvalue weighted by Crippen LogP contribution is 2.39. The van der Waals surface area contributed by atoms with Crippen molar-refractivity contribution in [3.63, 3.8) is 0 Å². The van der Waals surface area contributed by atoms with Crippen molar-refractivity contribution < 1.29 is 18.0 Å². The Bertz CT molecular complexity index is 748. The molecule has 0 spiro atoms. The van der Waals surface area contributed by atoms with Gasteiger partial charge in [0.05, 0.1) is 29.6 Å². The number of amides is 1. The van der Waals surface area contributed by atoms with Gasteiger partial charge in [-0.2, -0.15) is 18.4 Å². The lowest BCUT2D eigenvalue weighted by Gasteiger charge is -2.25. The van der Waals surface area contributed by atoms with Crippen LogP contribution in [0.5, 0.6) is 0 Å². The second-order valence-electron chi connectivity index (χ2n) is 7.41. The third-order valence-electron chi connectivity index (χ3n) is 5.24. The van der Waals surface area contributed by atoms with Gasteiger partial charge in [0.2, 0.25) is 5.91 Å². The van der Waals surface area contributed by atoms with Crippen LogP contribution in [0.25, 0.3) is 0 Å². The summed E-state index contributed by atoms with van der Waals surface area (Å²) in [5.74, 6) is -0.268. The molecule has 1 amide bonds. The first-order valence-corrected chi connectivity index (χ1v) is 9.15. The predicted octanol–water partition coefficient (Wildman–Crippen LogP) is 3.53. The summed E-state index contributed by atoms with van der Waals surface area (Å²) in [5.41, 5.74) is -0.733. The normalized spacial score (nSPS) is 19.3. The van der Waals surface area contributed by atoms with E-state index in [1.165, 1.54) is 6.07 Å². The molecule has 1 atom stereocenters. The molecule has 146 valence electrons. The van der Waals surface area contributed by atoms with Crippen molar-refractivity contribution in [2.45, 2.75) is 44.3 Å². The fourth-order valence-corrected chi connectivity index (χ4v) is 3.48. The van der Waals surface area contributed by atoms with Crippen molar-refractivity contribution in [2.75, 3.05) is 29.9 Å². The SMILES string of the molecule is C[C@](C#N)(NC(=O)CNc1cc(C(F)(F)F)ccc1N1CCCC1)C1CC1. The van der Waals surface area contributed by atoms with Crippen molar-refractivity contribution in [3.05, 3.63) is 23.8 Å². The average molecular weight is 380 g/mol. The number of nitrogens with one attached hydrogen (secondary N) is 2. The fourth-order valence-electron chi connectivity index (χ4n) is 3.48. The number of halogens is 3. The van der Waals surface area contributed by atoms with E-state index in [0.29, 0.717) is 5.69 Å². The Morgan fingerprint density at radius 3 is 2.52 bits per heavy atom. The van der Waals surface area contributed by atoms with E-state index in [9.17, 15) is 23.2 Å². The summed E-state index contributed by atoms with van der Waals surface area (Å²) in [4.78, 5) is 14.3. The smallest absolute Gasteiger partial charge is 0.374 e. The molecule has 1 saturated carbocycles. The monoisotopic (exact) mass is 380 g/mol. The lowest BCUT2D eigenvalue weighted by atomic mass is 9.98. The average Bonchev–Trinajstić information content (AvgIpc) is 3.35. The number of nitriles is 1. The van der Waals surface area contributed by atoms with Crippen molar-refractivity contribution in [3.8, 4) is 6.07 Å². The Morgan fingerprint density at radius 1 is 1.30 bits per heavy atom. The summed E-state index contributed by atoms with van der Waals surface area (Å²) in [6.07, 6.45) is -0.686. The van der Waals surface area contributed by atoms with Crippen molar-refractivity contribution >= 4 is 17.3 Å². The van der Waals surface area contributed by atoms with E-state index in [2.05, 4.69) is 16.7 Å². The molecule has 1 heterocycles. The number of hydrogen-bond donors (Lipinski definition) is 2. The van der Waals surface area contributed by atoms with Crippen LogP contribution in [0.4, 0.5) is 24.5 Å². The maximum Gasteiger partial charge on any atom is 0.416 e. The highest BCUT2D eigenvalue weighted by atomic mass is 19.4. The van der Waals surface area contributed by atoms with Gasteiger partial charge < -0.3 is 15.5 Å². The first-order chi connectivity index (χ1) is 12.7. The summed E-state index contributed by atoms with van der Waals surface area (Å²) < 4.78 is 39.2. The molecule has 27 heavy (non-hydrogen) atoms. The molecule has 2 N–H and O–H groups in total. The van der Waals surface area contributed by atoms with E-state index in [1.54, 1.807) is 6.92 Å². The minimum absolute atomic E-state index is 0.139. The summed E-state index contributed by atoms with van der Waals surface area (Å²) in [6, 6.07) is 5.71. The summed E-state index contributed by atoms with van der Waals surface area (Å²) >= 11 is 0. The van der Waals surface area contributed by atoms with Crippen LogP contribution in [0.15, 0.2) is 18.2 Å². The third kappa shape index (κ3) is 4.46. The van der Waals surface area contributed by atoms with Gasteiger partial charge in [-0.25, -0.2) is 0 Å². The van der Waals surface area contributed by atoms with Gasteiger partial charge in [0.15, 0.2) is 0 Å². The molecule has 3 rings (SSSR count). The minimum Gasteiger partial charge on any atom is -0.374 e. The Kier molecular flexibility index (Phi) is 5.22. The zero-order valence-electron chi connectivity index (χ0n) is 15.2. The van der Waals surface area contributed by atoms with Gasteiger partial charge in [-0.05, 0) is 56.7 Å². The summed E-state index contributed by atoms with van der Waals surface area (Å²) in [7, 11) is 0. The molecule has 2 aliphatic rings. The Labute approximate surface area is 156 Å². The number of hydrogen-bond acceptors (Lipinski definition) is 4. The molecule has 1 aliphatic heterocycles. The van der Waals surface area contributed by atoms with Gasteiger partial charge >= 0.3 is 6.18 Å². The van der Waals surface area contributed by atoms with Gasteiger partial charge in [0.1, 0.15) is 5.54 Å². The molecular formula is C19H23F3N4O. The molecule has 1 aromatic carbocycles. The number of carbonyl (C=O) groups excluding carboxylic acids is 1. The highest BCUT2D eigenvalue weighted by Gasteiger charge is 2.43. The Hall–Kier alpha value is -2.43.